The number of aryl methyl sites for hydroxylation is 1. The molecule has 0 spiro atoms. The molecule has 3 heterocycles. The zero-order valence-electron chi connectivity index (χ0n) is 19.6. The van der Waals surface area contributed by atoms with E-state index in [1.807, 2.05) is 36.4 Å². The van der Waals surface area contributed by atoms with Gasteiger partial charge >= 0.3 is 0 Å². The van der Waals surface area contributed by atoms with Crippen molar-refractivity contribution in [3.8, 4) is 39.6 Å². The number of hydrogen-bond acceptors (Lipinski definition) is 8. The van der Waals surface area contributed by atoms with Gasteiger partial charge < -0.3 is 4.52 Å². The third kappa shape index (κ3) is 6.33. The van der Waals surface area contributed by atoms with Crippen LogP contribution in [0.25, 0.3) is 33.5 Å². The quantitative estimate of drug-likeness (QED) is 0.228. The molecule has 2 aromatic carbocycles. The number of aromatic nitrogens is 4. The smallest absolute Gasteiger partial charge is 0.225 e. The number of rotatable bonds is 6. The van der Waals surface area contributed by atoms with E-state index in [0.29, 0.717) is 34.1 Å². The van der Waals surface area contributed by atoms with E-state index < -0.39 is 0 Å². The molecule has 0 aliphatic carbocycles. The summed E-state index contributed by atoms with van der Waals surface area (Å²) in [6, 6.07) is 22.6. The van der Waals surface area contributed by atoms with Crippen LogP contribution in [0.2, 0.25) is 5.02 Å². The SMILES string of the molecule is Cc1ccc(-c2ccon2)cc1.N#Cc1ccc(-c2c(-c3ccc(Cl)cc3)cnnc2NNC=O)cn1. The van der Waals surface area contributed by atoms with Gasteiger partial charge in [-0.1, -0.05) is 58.7 Å². The Hall–Kier alpha value is -5.07. The van der Waals surface area contributed by atoms with Crippen molar-refractivity contribution >= 4 is 23.8 Å². The number of anilines is 1. The summed E-state index contributed by atoms with van der Waals surface area (Å²) in [6.07, 6.45) is 5.26. The van der Waals surface area contributed by atoms with Crippen LogP contribution in [0, 0.1) is 18.3 Å². The predicted octanol–water partition coefficient (Wildman–Crippen LogP) is 5.45. The molecule has 0 unspecified atom stereocenters. The summed E-state index contributed by atoms with van der Waals surface area (Å²) in [5.41, 5.74) is 11.6. The van der Waals surface area contributed by atoms with E-state index in [0.717, 1.165) is 22.4 Å². The fourth-order valence-electron chi connectivity index (χ4n) is 3.41. The lowest BCUT2D eigenvalue weighted by molar-refractivity contribution is -0.109. The molecule has 0 saturated heterocycles. The van der Waals surface area contributed by atoms with Crippen LogP contribution in [0.4, 0.5) is 5.82 Å². The largest absolute Gasteiger partial charge is 0.364 e. The number of halogens is 1. The molecule has 5 rings (SSSR count). The van der Waals surface area contributed by atoms with Gasteiger partial charge in [-0.25, -0.2) is 4.98 Å². The van der Waals surface area contributed by atoms with E-state index in [4.69, 9.17) is 21.4 Å². The molecule has 2 N–H and O–H groups in total. The van der Waals surface area contributed by atoms with E-state index in [9.17, 15) is 4.79 Å². The predicted molar refractivity (Wildman–Crippen MR) is 140 cm³/mol. The van der Waals surface area contributed by atoms with Gasteiger partial charge in [-0.2, -0.15) is 10.4 Å². The van der Waals surface area contributed by atoms with Crippen molar-refractivity contribution in [1.29, 1.82) is 5.26 Å². The molecule has 0 atom stereocenters. The van der Waals surface area contributed by atoms with Gasteiger partial charge in [-0.15, -0.1) is 5.10 Å². The van der Waals surface area contributed by atoms with Crippen molar-refractivity contribution in [2.24, 2.45) is 0 Å². The van der Waals surface area contributed by atoms with E-state index in [1.165, 1.54) is 5.56 Å². The maximum absolute atomic E-state index is 10.6. The molecule has 0 radical (unpaired) electrons. The second kappa shape index (κ2) is 12.1. The summed E-state index contributed by atoms with van der Waals surface area (Å²) in [6.45, 7) is 2.06. The number of carbonyl (C=O) groups excluding carboxylic acids is 1. The molecular weight excluding hydrogens is 490 g/mol. The van der Waals surface area contributed by atoms with Crippen LogP contribution in [-0.2, 0) is 4.79 Å². The molecule has 9 nitrogen and oxygen atoms in total. The fraction of sp³-hybridized carbons (Fsp3) is 0.0370. The highest BCUT2D eigenvalue weighted by Crippen LogP contribution is 2.35. The van der Waals surface area contributed by atoms with Crippen LogP contribution in [0.15, 0.2) is 89.9 Å². The fourth-order valence-corrected chi connectivity index (χ4v) is 3.53. The zero-order valence-corrected chi connectivity index (χ0v) is 20.3. The average molecular weight is 510 g/mol. The molecule has 10 heteroatoms. The number of carbonyl (C=O) groups is 1. The lowest BCUT2D eigenvalue weighted by atomic mass is 9.97. The van der Waals surface area contributed by atoms with Gasteiger partial charge in [0.2, 0.25) is 6.41 Å². The minimum absolute atomic E-state index is 0.305. The van der Waals surface area contributed by atoms with Gasteiger partial charge in [0, 0.05) is 39.5 Å². The minimum Gasteiger partial charge on any atom is -0.364 e. The first kappa shape index (κ1) is 25.0. The van der Waals surface area contributed by atoms with Gasteiger partial charge in [0.15, 0.2) is 5.82 Å². The van der Waals surface area contributed by atoms with E-state index >= 15 is 0 Å². The van der Waals surface area contributed by atoms with Crippen LogP contribution in [-0.4, -0.2) is 26.7 Å². The van der Waals surface area contributed by atoms with Crippen LogP contribution in [0.3, 0.4) is 0 Å². The Balaban J connectivity index is 0.000000222. The van der Waals surface area contributed by atoms with Crippen molar-refractivity contribution in [2.75, 3.05) is 5.43 Å². The highest BCUT2D eigenvalue weighted by atomic mass is 35.5. The van der Waals surface area contributed by atoms with Gasteiger partial charge in [0.05, 0.1) is 6.20 Å². The summed E-state index contributed by atoms with van der Waals surface area (Å²) in [5, 5.41) is 21.4. The summed E-state index contributed by atoms with van der Waals surface area (Å²) < 4.78 is 4.75. The van der Waals surface area contributed by atoms with Crippen LogP contribution in [0.1, 0.15) is 11.3 Å². The highest BCUT2D eigenvalue weighted by Gasteiger charge is 2.15. The lowest BCUT2D eigenvalue weighted by Gasteiger charge is -2.14. The first-order chi connectivity index (χ1) is 18.1. The Kier molecular flexibility index (Phi) is 8.16. The highest BCUT2D eigenvalue weighted by molar-refractivity contribution is 6.30. The van der Waals surface area contributed by atoms with Gasteiger partial charge in [0.25, 0.3) is 0 Å². The Morgan fingerprint density at radius 2 is 1.68 bits per heavy atom. The maximum Gasteiger partial charge on any atom is 0.225 e. The number of nitrogens with one attached hydrogen (secondary N) is 2. The average Bonchev–Trinajstić information content (AvgIpc) is 3.48. The number of benzene rings is 2. The lowest BCUT2D eigenvalue weighted by Crippen LogP contribution is -2.21. The van der Waals surface area contributed by atoms with Gasteiger partial charge in [0.1, 0.15) is 23.7 Å². The Morgan fingerprint density at radius 1 is 0.946 bits per heavy atom. The number of pyridine rings is 1. The molecule has 0 bridgehead atoms. The van der Waals surface area contributed by atoms with Gasteiger partial charge in [-0.05, 0) is 36.8 Å². The molecule has 37 heavy (non-hydrogen) atoms. The second-order valence-corrected chi connectivity index (χ2v) is 8.11. The maximum atomic E-state index is 10.6. The first-order valence-electron chi connectivity index (χ1n) is 11.0. The second-order valence-electron chi connectivity index (χ2n) is 7.67. The minimum atomic E-state index is 0.305. The van der Waals surface area contributed by atoms with Crippen molar-refractivity contribution in [1.82, 2.24) is 25.8 Å². The summed E-state index contributed by atoms with van der Waals surface area (Å²) in [7, 11) is 0. The molecule has 0 aliphatic rings. The molecule has 0 aliphatic heterocycles. The molecule has 3 aromatic heterocycles. The molecule has 1 amide bonds. The number of amides is 1. The third-order valence-electron chi connectivity index (χ3n) is 5.21. The van der Waals surface area contributed by atoms with Crippen LogP contribution >= 0.6 is 11.6 Å². The summed E-state index contributed by atoms with van der Waals surface area (Å²) >= 11 is 5.96. The van der Waals surface area contributed by atoms with E-state index in [2.05, 4.69) is 50.2 Å². The molecule has 0 saturated carbocycles. The molecule has 5 aromatic rings. The first-order valence-corrected chi connectivity index (χ1v) is 11.4. The summed E-state index contributed by atoms with van der Waals surface area (Å²) in [5.74, 6) is 0.353. The number of hydrazine groups is 1. The van der Waals surface area contributed by atoms with Crippen molar-refractivity contribution < 1.29 is 9.32 Å². The monoisotopic (exact) mass is 509 g/mol. The Labute approximate surface area is 217 Å². The van der Waals surface area contributed by atoms with Crippen molar-refractivity contribution in [3.63, 3.8) is 0 Å². The number of nitriles is 1. The topological polar surface area (TPSA) is 130 Å². The molecule has 0 fully saturated rings. The normalized spacial score (nSPS) is 9.97. The Morgan fingerprint density at radius 3 is 2.30 bits per heavy atom. The zero-order chi connectivity index (χ0) is 26.0. The summed E-state index contributed by atoms with van der Waals surface area (Å²) in [4.78, 5) is 14.7. The van der Waals surface area contributed by atoms with Crippen molar-refractivity contribution in [3.05, 3.63) is 102 Å². The Bertz CT molecular complexity index is 1500. The number of nitrogens with zero attached hydrogens (tertiary/aromatic N) is 5. The molecular formula is C27H20ClN7O2. The third-order valence-corrected chi connectivity index (χ3v) is 5.46. The molecule has 182 valence electrons. The van der Waals surface area contributed by atoms with E-state index in [1.54, 1.807) is 42.9 Å². The van der Waals surface area contributed by atoms with Crippen molar-refractivity contribution in [2.45, 2.75) is 6.92 Å². The standard InChI is InChI=1S/C17H11ClN6O.C10H9NO/c18-13-4-1-11(2-5-13)15-9-21-23-17(24-22-10-25)16(15)12-3-6-14(7-19)20-8-12;1-8-2-4-9(5-3-8)10-6-7-12-11-10/h1-6,8-10H,(H,22,25)(H,23,24);2-7H,1H3. The van der Waals surface area contributed by atoms with Gasteiger partial charge in [-0.3, -0.25) is 15.6 Å². The van der Waals surface area contributed by atoms with Crippen LogP contribution < -0.4 is 10.9 Å². The van der Waals surface area contributed by atoms with Crippen LogP contribution in [0.5, 0.6) is 0 Å². The number of hydrogen-bond donors (Lipinski definition) is 2. The van der Waals surface area contributed by atoms with E-state index in [-0.39, 0.29) is 0 Å².